The maximum Gasteiger partial charge on any atom is 3.00 e. The van der Waals surface area contributed by atoms with Crippen molar-refractivity contribution < 1.29 is 29.7 Å². The molecule has 0 aromatic heterocycles. The second-order valence-electron chi connectivity index (χ2n) is 17.9. The number of carbonyl (C=O) groups excluding carboxylic acids is 3. The molecule has 67 heavy (non-hydrogen) atoms. The van der Waals surface area contributed by atoms with E-state index in [0.717, 1.165) is 165 Å². The predicted octanol–water partition coefficient (Wildman–Crippen LogP) is 17.3. The van der Waals surface area contributed by atoms with E-state index in [-0.39, 0.29) is 36.6 Å². The second kappa shape index (κ2) is 58.5. The van der Waals surface area contributed by atoms with Crippen LogP contribution in [0, 0.1) is 0 Å². The van der Waals surface area contributed by atoms with Crippen LogP contribution in [0.4, 0.5) is 0 Å². The molecule has 0 atom stereocenters. The van der Waals surface area contributed by atoms with Gasteiger partial charge >= 0.3 is 17.4 Å². The van der Waals surface area contributed by atoms with Crippen LogP contribution in [0.3, 0.4) is 0 Å². The number of carbonyl (C=O) groups is 3. The molecule has 0 saturated carbocycles. The van der Waals surface area contributed by atoms with Crippen LogP contribution >= 0.6 is 69.6 Å². The third-order valence-electron chi connectivity index (χ3n) is 11.5. The van der Waals surface area contributed by atoms with E-state index in [1.165, 1.54) is 96.3 Å². The summed E-state index contributed by atoms with van der Waals surface area (Å²) < 4.78 is 0. The molecule has 0 fully saturated rings. The van der Waals surface area contributed by atoms with Gasteiger partial charge in [-0.05, 0) is 116 Å². The van der Waals surface area contributed by atoms with Crippen LogP contribution in [-0.4, -0.2) is 35.3 Å². The molecule has 0 rings (SSSR count). The van der Waals surface area contributed by atoms with Crippen molar-refractivity contribution in [3.05, 3.63) is 30.2 Å². The summed E-state index contributed by atoms with van der Waals surface area (Å²) in [4.78, 5) is 30.8. The van der Waals surface area contributed by atoms with Gasteiger partial charge in [0.05, 0.1) is 0 Å². The van der Waals surface area contributed by atoms with Crippen LogP contribution < -0.4 is 15.3 Å². The quantitative estimate of drug-likeness (QED) is 0.0442. The van der Waals surface area contributed by atoms with Crippen molar-refractivity contribution >= 4 is 105 Å². The molecule has 0 spiro atoms. The second-order valence-corrected chi connectivity index (χ2v) is 20.6. The summed E-state index contributed by atoms with van der Waals surface area (Å²) in [6.45, 7) is 6.67. The SMILES string of the molecule is CCCCCCCC/C(Cl)=C(/Cl)CCCCCCCC(=O)[O-].CCCCCCCC/C(Cl)=C(/Cl)CCCCCCCC(=O)[O-].CCCCCCCC/C(Cl)=C(/Cl)CCCCCCCC(=O)[O-].[Al+3]. The third kappa shape index (κ3) is 62.0. The summed E-state index contributed by atoms with van der Waals surface area (Å²) in [5, 5.41) is 35.7. The molecule has 0 N–H and O–H groups in total. The van der Waals surface area contributed by atoms with Gasteiger partial charge in [-0.15, -0.1) is 0 Å². The topological polar surface area (TPSA) is 120 Å². The van der Waals surface area contributed by atoms with Gasteiger partial charge in [-0.3, -0.25) is 0 Å². The molecule has 0 unspecified atom stereocenters. The van der Waals surface area contributed by atoms with Gasteiger partial charge in [0.1, 0.15) is 0 Å². The Hall–Kier alpha value is -0.0975. The molecular weight excluding hydrogens is 984 g/mol. The molecule has 390 valence electrons. The molecule has 0 amide bonds. The largest absolute Gasteiger partial charge is 3.00 e. The van der Waals surface area contributed by atoms with E-state index in [2.05, 4.69) is 20.8 Å². The van der Waals surface area contributed by atoms with E-state index in [9.17, 15) is 29.7 Å². The number of unbranched alkanes of at least 4 members (excludes halogenated alkanes) is 27. The van der Waals surface area contributed by atoms with E-state index in [0.29, 0.717) is 19.3 Å². The van der Waals surface area contributed by atoms with Gasteiger partial charge in [0.15, 0.2) is 0 Å². The summed E-state index contributed by atoms with van der Waals surface area (Å²) in [6, 6.07) is 0. The van der Waals surface area contributed by atoms with Gasteiger partial charge in [0.2, 0.25) is 0 Å². The number of aliphatic carboxylic acids is 3. The zero-order chi connectivity index (χ0) is 49.9. The molecule has 0 aliphatic rings. The average Bonchev–Trinajstić information content (AvgIpc) is 3.28. The molecule has 0 radical (unpaired) electrons. The molecule has 0 heterocycles. The van der Waals surface area contributed by atoms with Gasteiger partial charge in [-0.25, -0.2) is 0 Å². The molecule has 0 aromatic carbocycles. The van der Waals surface area contributed by atoms with Crippen molar-refractivity contribution in [2.24, 2.45) is 0 Å². The smallest absolute Gasteiger partial charge is 0.550 e. The molecule has 0 saturated heterocycles. The summed E-state index contributed by atoms with van der Waals surface area (Å²) in [6.07, 6.45) is 42.9. The zero-order valence-electron chi connectivity index (χ0n) is 42.5. The van der Waals surface area contributed by atoms with Gasteiger partial charge in [-0.2, -0.15) is 0 Å². The van der Waals surface area contributed by atoms with Crippen LogP contribution in [-0.2, 0) is 14.4 Å². The fourth-order valence-electron chi connectivity index (χ4n) is 7.24. The van der Waals surface area contributed by atoms with Crippen LogP contribution in [0.2, 0.25) is 0 Å². The van der Waals surface area contributed by atoms with Gasteiger partial charge in [-0.1, -0.05) is 244 Å². The standard InChI is InChI=1S/3C18H32Cl2O2.Al/c3*1-2-3-4-5-7-10-13-16(19)17(20)14-11-8-6-9-12-15-18(21)22;/h3*2-15H2,1H3,(H,21,22);/q;;;+3/p-3/b3*17-16-;. The summed E-state index contributed by atoms with van der Waals surface area (Å²) in [5.74, 6) is -2.85. The normalized spacial score (nSPS) is 12.1. The Bertz CT molecular complexity index is 1100. The number of carboxylic acid groups (broad SMARTS) is 3. The van der Waals surface area contributed by atoms with Crippen molar-refractivity contribution in [3.63, 3.8) is 0 Å². The minimum absolute atomic E-state index is 0. The number of halogens is 6. The first-order chi connectivity index (χ1) is 31.7. The Balaban J connectivity index is -0.000000441. The fourth-order valence-corrected chi connectivity index (χ4v) is 8.60. The monoisotopic (exact) mass is 1070 g/mol. The van der Waals surface area contributed by atoms with Crippen LogP contribution in [0.25, 0.3) is 0 Å². The van der Waals surface area contributed by atoms with Crippen LogP contribution in [0.15, 0.2) is 30.2 Å². The molecule has 0 aromatic rings. The van der Waals surface area contributed by atoms with E-state index >= 15 is 0 Å². The number of carboxylic acids is 3. The first-order valence-corrected chi connectivity index (χ1v) is 28.7. The molecule has 0 bridgehead atoms. The number of allylic oxidation sites excluding steroid dienone is 6. The maximum atomic E-state index is 10.3. The van der Waals surface area contributed by atoms with Crippen molar-refractivity contribution in [3.8, 4) is 0 Å². The number of hydrogen-bond donors (Lipinski definition) is 0. The van der Waals surface area contributed by atoms with Crippen molar-refractivity contribution in [1.82, 2.24) is 0 Å². The van der Waals surface area contributed by atoms with Crippen molar-refractivity contribution in [1.29, 1.82) is 0 Å². The van der Waals surface area contributed by atoms with E-state index in [4.69, 9.17) is 69.6 Å². The molecule has 0 aliphatic heterocycles. The summed E-state index contributed by atoms with van der Waals surface area (Å²) in [5.41, 5.74) is 0. The number of rotatable bonds is 45. The summed E-state index contributed by atoms with van der Waals surface area (Å²) in [7, 11) is 0. The summed E-state index contributed by atoms with van der Waals surface area (Å²) >= 11 is 37.4. The minimum atomic E-state index is -0.951. The Kier molecular flexibility index (Phi) is 64.1. The Morgan fingerprint density at radius 2 is 0.358 bits per heavy atom. The number of hydrogen-bond acceptors (Lipinski definition) is 6. The van der Waals surface area contributed by atoms with Gasteiger partial charge in [0.25, 0.3) is 0 Å². The molecule has 0 aliphatic carbocycles. The third-order valence-corrected chi connectivity index (χ3v) is 14.3. The van der Waals surface area contributed by atoms with Gasteiger partial charge in [0, 0.05) is 48.1 Å². The first-order valence-electron chi connectivity index (χ1n) is 26.4. The Labute approximate surface area is 452 Å². The molecule has 6 nitrogen and oxygen atoms in total. The van der Waals surface area contributed by atoms with Crippen LogP contribution in [0.1, 0.15) is 290 Å². The van der Waals surface area contributed by atoms with E-state index in [1.807, 2.05) is 0 Å². The van der Waals surface area contributed by atoms with Crippen molar-refractivity contribution in [2.75, 3.05) is 0 Å². The maximum absolute atomic E-state index is 10.3. The molecular formula is C54H93AlCl6O6. The first kappa shape index (κ1) is 73.4. The minimum Gasteiger partial charge on any atom is -0.550 e. The molecule has 13 heteroatoms. The Morgan fingerprint density at radius 3 is 0.493 bits per heavy atom. The van der Waals surface area contributed by atoms with Crippen molar-refractivity contribution in [2.45, 2.75) is 290 Å². The Morgan fingerprint density at radius 1 is 0.239 bits per heavy atom. The predicted molar refractivity (Wildman–Crippen MR) is 288 cm³/mol. The van der Waals surface area contributed by atoms with E-state index < -0.39 is 17.9 Å². The van der Waals surface area contributed by atoms with E-state index in [1.54, 1.807) is 0 Å². The van der Waals surface area contributed by atoms with Gasteiger partial charge < -0.3 is 29.7 Å². The average molecular weight is 1080 g/mol. The van der Waals surface area contributed by atoms with Crippen LogP contribution in [0.5, 0.6) is 0 Å². The fraction of sp³-hybridized carbons (Fsp3) is 0.833. The zero-order valence-corrected chi connectivity index (χ0v) is 48.2.